The molecule has 130 valence electrons. The number of thiazole rings is 1. The van der Waals surface area contributed by atoms with Crippen LogP contribution in [0.25, 0.3) is 10.8 Å². The number of primary sulfonamides is 1. The first-order valence-corrected chi connectivity index (χ1v) is 10.2. The van der Waals surface area contributed by atoms with Crippen molar-refractivity contribution in [3.05, 3.63) is 52.7 Å². The zero-order valence-electron chi connectivity index (χ0n) is 13.6. The van der Waals surface area contributed by atoms with Crippen LogP contribution in [-0.2, 0) is 23.0 Å². The number of furan rings is 1. The number of benzene rings is 1. The number of hydrogen-bond acceptors (Lipinski definition) is 6. The molecule has 2 N–H and O–H groups in total. The molecular weight excluding hydrogens is 358 g/mol. The van der Waals surface area contributed by atoms with E-state index in [9.17, 15) is 8.42 Å². The van der Waals surface area contributed by atoms with Crippen LogP contribution in [-0.4, -0.2) is 19.9 Å². The van der Waals surface area contributed by atoms with E-state index in [0.717, 1.165) is 46.4 Å². The predicted molar refractivity (Wildman–Crippen MR) is 97.1 cm³/mol. The second-order valence-electron chi connectivity index (χ2n) is 6.06. The van der Waals surface area contributed by atoms with Crippen LogP contribution in [0.15, 0.2) is 45.0 Å². The molecule has 0 unspecified atom stereocenters. The molecule has 8 heteroatoms. The molecule has 0 bridgehead atoms. The van der Waals surface area contributed by atoms with E-state index in [2.05, 4.69) is 9.88 Å². The summed E-state index contributed by atoms with van der Waals surface area (Å²) in [4.78, 5) is 7.02. The molecule has 3 heterocycles. The molecule has 0 aliphatic carbocycles. The molecular formula is C17H17N3O3S2. The van der Waals surface area contributed by atoms with E-state index in [4.69, 9.17) is 9.56 Å². The molecule has 2 aromatic heterocycles. The summed E-state index contributed by atoms with van der Waals surface area (Å²) in [7, 11) is -3.67. The average Bonchev–Trinajstić information content (AvgIpc) is 3.27. The van der Waals surface area contributed by atoms with Gasteiger partial charge in [-0.15, -0.1) is 11.3 Å². The lowest BCUT2D eigenvalue weighted by atomic mass is 10.2. The third-order valence-corrected chi connectivity index (χ3v) is 6.04. The van der Waals surface area contributed by atoms with E-state index in [1.54, 1.807) is 23.5 Å². The fraction of sp³-hybridized carbons (Fsp3) is 0.235. The lowest BCUT2D eigenvalue weighted by molar-refractivity contribution is 0.547. The second kappa shape index (κ2) is 5.98. The van der Waals surface area contributed by atoms with Crippen molar-refractivity contribution in [1.29, 1.82) is 0 Å². The Bertz CT molecular complexity index is 1040. The van der Waals surface area contributed by atoms with Crippen molar-refractivity contribution in [3.63, 3.8) is 0 Å². The molecule has 0 saturated carbocycles. The van der Waals surface area contributed by atoms with E-state index in [0.29, 0.717) is 6.54 Å². The SMILES string of the molecule is Cc1ccc(-c2nc(CN3CCc4cc(S(N)(=O)=O)ccc43)cs2)o1. The van der Waals surface area contributed by atoms with E-state index < -0.39 is 10.0 Å². The Balaban J connectivity index is 1.55. The Labute approximate surface area is 150 Å². The quantitative estimate of drug-likeness (QED) is 0.757. The highest BCUT2D eigenvalue weighted by molar-refractivity contribution is 7.89. The highest BCUT2D eigenvalue weighted by atomic mass is 32.2. The molecule has 6 nitrogen and oxygen atoms in total. The smallest absolute Gasteiger partial charge is 0.238 e. The summed E-state index contributed by atoms with van der Waals surface area (Å²) in [6, 6.07) is 8.91. The Morgan fingerprint density at radius 2 is 2.16 bits per heavy atom. The Morgan fingerprint density at radius 3 is 2.88 bits per heavy atom. The minimum Gasteiger partial charge on any atom is -0.459 e. The van der Waals surface area contributed by atoms with Crippen LogP contribution in [0.5, 0.6) is 0 Å². The molecule has 0 amide bonds. The van der Waals surface area contributed by atoms with Crippen LogP contribution in [0.3, 0.4) is 0 Å². The predicted octanol–water partition coefficient (Wildman–Crippen LogP) is 2.92. The van der Waals surface area contributed by atoms with Gasteiger partial charge in [0.05, 0.1) is 17.1 Å². The summed E-state index contributed by atoms with van der Waals surface area (Å²) in [5.74, 6) is 1.65. The minimum absolute atomic E-state index is 0.164. The maximum Gasteiger partial charge on any atom is 0.238 e. The van der Waals surface area contributed by atoms with Crippen LogP contribution in [0.2, 0.25) is 0 Å². The lowest BCUT2D eigenvalue weighted by Crippen LogP contribution is -2.19. The van der Waals surface area contributed by atoms with Gasteiger partial charge in [-0.05, 0) is 49.2 Å². The van der Waals surface area contributed by atoms with Gasteiger partial charge >= 0.3 is 0 Å². The molecule has 0 atom stereocenters. The summed E-state index contributed by atoms with van der Waals surface area (Å²) in [6.07, 6.45) is 0.799. The van der Waals surface area contributed by atoms with Gasteiger partial charge in [-0.3, -0.25) is 0 Å². The first-order valence-electron chi connectivity index (χ1n) is 7.82. The Kier molecular flexibility index (Phi) is 3.90. The van der Waals surface area contributed by atoms with Gasteiger partial charge in [-0.25, -0.2) is 18.5 Å². The van der Waals surface area contributed by atoms with E-state index in [-0.39, 0.29) is 4.90 Å². The molecule has 0 radical (unpaired) electrons. The Morgan fingerprint density at radius 1 is 1.32 bits per heavy atom. The first kappa shape index (κ1) is 16.3. The lowest BCUT2D eigenvalue weighted by Gasteiger charge is -2.18. The molecule has 1 aliphatic rings. The van der Waals surface area contributed by atoms with Crippen molar-refractivity contribution < 1.29 is 12.8 Å². The number of fused-ring (bicyclic) bond motifs is 1. The molecule has 25 heavy (non-hydrogen) atoms. The monoisotopic (exact) mass is 375 g/mol. The van der Waals surface area contributed by atoms with Gasteiger partial charge < -0.3 is 9.32 Å². The third kappa shape index (κ3) is 3.20. The number of aromatic nitrogens is 1. The molecule has 1 aliphatic heterocycles. The maximum absolute atomic E-state index is 11.5. The van der Waals surface area contributed by atoms with Crippen molar-refractivity contribution in [3.8, 4) is 10.8 Å². The highest BCUT2D eigenvalue weighted by Gasteiger charge is 2.22. The Hall–Kier alpha value is -2.16. The number of anilines is 1. The van der Waals surface area contributed by atoms with Crippen LogP contribution in [0.4, 0.5) is 5.69 Å². The number of hydrogen-bond donors (Lipinski definition) is 1. The van der Waals surface area contributed by atoms with Crippen molar-refractivity contribution >= 4 is 27.0 Å². The fourth-order valence-corrected chi connectivity index (χ4v) is 4.36. The summed E-state index contributed by atoms with van der Waals surface area (Å²) in [5.41, 5.74) is 3.01. The van der Waals surface area contributed by atoms with Crippen molar-refractivity contribution in [2.24, 2.45) is 5.14 Å². The minimum atomic E-state index is -3.67. The van der Waals surface area contributed by atoms with E-state index in [1.165, 1.54) is 0 Å². The number of sulfonamides is 1. The molecule has 0 spiro atoms. The van der Waals surface area contributed by atoms with Gasteiger partial charge in [-0.2, -0.15) is 0 Å². The van der Waals surface area contributed by atoms with Gasteiger partial charge in [0.1, 0.15) is 5.76 Å². The van der Waals surface area contributed by atoms with Crippen LogP contribution in [0, 0.1) is 6.92 Å². The van der Waals surface area contributed by atoms with Gasteiger partial charge in [0.2, 0.25) is 10.0 Å². The first-order chi connectivity index (χ1) is 11.9. The second-order valence-corrected chi connectivity index (χ2v) is 8.48. The molecule has 0 saturated heterocycles. The van der Waals surface area contributed by atoms with Gasteiger partial charge in [0, 0.05) is 17.6 Å². The number of aryl methyl sites for hydroxylation is 1. The highest BCUT2D eigenvalue weighted by Crippen LogP contribution is 2.32. The van der Waals surface area contributed by atoms with Gasteiger partial charge in [0.15, 0.2) is 10.8 Å². The van der Waals surface area contributed by atoms with Gasteiger partial charge in [-0.1, -0.05) is 0 Å². The zero-order valence-corrected chi connectivity index (χ0v) is 15.2. The van der Waals surface area contributed by atoms with Crippen LogP contribution in [0.1, 0.15) is 17.0 Å². The number of rotatable bonds is 4. The zero-order chi connectivity index (χ0) is 17.6. The van der Waals surface area contributed by atoms with Crippen LogP contribution >= 0.6 is 11.3 Å². The number of nitrogens with two attached hydrogens (primary N) is 1. The van der Waals surface area contributed by atoms with E-state index >= 15 is 0 Å². The fourth-order valence-electron chi connectivity index (χ4n) is 3.03. The van der Waals surface area contributed by atoms with Crippen molar-refractivity contribution in [1.82, 2.24) is 4.98 Å². The molecule has 3 aromatic rings. The molecule has 0 fully saturated rings. The van der Waals surface area contributed by atoms with E-state index in [1.807, 2.05) is 30.5 Å². The summed E-state index contributed by atoms with van der Waals surface area (Å²) in [5, 5.41) is 8.11. The van der Waals surface area contributed by atoms with Crippen molar-refractivity contribution in [2.75, 3.05) is 11.4 Å². The van der Waals surface area contributed by atoms with Crippen molar-refractivity contribution in [2.45, 2.75) is 24.8 Å². The maximum atomic E-state index is 11.5. The largest absolute Gasteiger partial charge is 0.459 e. The van der Waals surface area contributed by atoms with Crippen LogP contribution < -0.4 is 10.0 Å². The standard InChI is InChI=1S/C17H17N3O3S2/c1-11-2-5-16(23-11)17-19-13(10-24-17)9-20-7-6-12-8-14(25(18,21)22)3-4-15(12)20/h2-5,8,10H,6-7,9H2,1H3,(H2,18,21,22). The summed E-state index contributed by atoms with van der Waals surface area (Å²) < 4.78 is 28.6. The topological polar surface area (TPSA) is 89.4 Å². The van der Waals surface area contributed by atoms with Gasteiger partial charge in [0.25, 0.3) is 0 Å². The summed E-state index contributed by atoms with van der Waals surface area (Å²) in [6.45, 7) is 3.42. The normalized spacial score (nSPS) is 14.1. The average molecular weight is 375 g/mol. The third-order valence-electron chi connectivity index (χ3n) is 4.23. The molecule has 4 rings (SSSR count). The number of nitrogens with zero attached hydrogens (tertiary/aromatic N) is 2. The summed E-state index contributed by atoms with van der Waals surface area (Å²) >= 11 is 1.56. The molecule has 1 aromatic carbocycles.